The van der Waals surface area contributed by atoms with Crippen molar-refractivity contribution in [2.75, 3.05) is 10.6 Å². The van der Waals surface area contributed by atoms with Crippen LogP contribution >= 0.6 is 0 Å². The molecule has 20 heavy (non-hydrogen) atoms. The Hall–Kier alpha value is -2.90. The number of aromatic carboxylic acids is 1. The lowest BCUT2D eigenvalue weighted by atomic mass is 10.1. The van der Waals surface area contributed by atoms with Crippen LogP contribution in [0, 0.1) is 6.92 Å². The predicted molar refractivity (Wildman–Crippen MR) is 71.8 cm³/mol. The van der Waals surface area contributed by atoms with E-state index in [1.807, 2.05) is 0 Å². The molecule has 0 aliphatic heterocycles. The van der Waals surface area contributed by atoms with E-state index in [1.165, 1.54) is 23.1 Å². The normalized spacial score (nSPS) is 10.1. The molecule has 1 heterocycles. The summed E-state index contributed by atoms with van der Waals surface area (Å²) in [7, 11) is 1.64. The van der Waals surface area contributed by atoms with Gasteiger partial charge in [0, 0.05) is 12.7 Å². The molecule has 8 heteroatoms. The second-order valence-electron chi connectivity index (χ2n) is 4.12. The van der Waals surface area contributed by atoms with Crippen LogP contribution in [0.4, 0.5) is 16.4 Å². The quantitative estimate of drug-likeness (QED) is 0.785. The van der Waals surface area contributed by atoms with Crippen LogP contribution < -0.4 is 10.6 Å². The van der Waals surface area contributed by atoms with Crippen LogP contribution in [0.3, 0.4) is 0 Å². The highest BCUT2D eigenvalue weighted by atomic mass is 16.4. The molecule has 1 aromatic carbocycles. The number of rotatable bonds is 3. The molecule has 1 aromatic heterocycles. The molecule has 0 bridgehead atoms. The van der Waals surface area contributed by atoms with E-state index in [4.69, 9.17) is 5.11 Å². The standard InChI is InChI=1S/C12H13N5O3/c1-7-3-4-8(10(18)19)5-9(7)15-12(20)16-11-13-6-14-17(11)2/h3-6H,1-2H3,(H,18,19)(H2,13,14,15,16,20). The first-order valence-corrected chi connectivity index (χ1v) is 5.73. The van der Waals surface area contributed by atoms with Gasteiger partial charge in [-0.2, -0.15) is 10.1 Å². The van der Waals surface area contributed by atoms with Crippen molar-refractivity contribution in [2.45, 2.75) is 6.92 Å². The molecule has 8 nitrogen and oxygen atoms in total. The smallest absolute Gasteiger partial charge is 0.335 e. The van der Waals surface area contributed by atoms with E-state index in [2.05, 4.69) is 20.7 Å². The second-order valence-corrected chi connectivity index (χ2v) is 4.12. The van der Waals surface area contributed by atoms with Crippen molar-refractivity contribution >= 4 is 23.6 Å². The molecule has 2 rings (SSSR count). The minimum Gasteiger partial charge on any atom is -0.478 e. The maximum Gasteiger partial charge on any atom is 0.335 e. The number of benzene rings is 1. The number of carbonyl (C=O) groups excluding carboxylic acids is 1. The number of anilines is 2. The summed E-state index contributed by atoms with van der Waals surface area (Å²) < 4.78 is 1.40. The Bertz CT molecular complexity index is 665. The largest absolute Gasteiger partial charge is 0.478 e. The number of carboxylic acids is 1. The highest BCUT2D eigenvalue weighted by Crippen LogP contribution is 2.17. The van der Waals surface area contributed by atoms with Gasteiger partial charge in [-0.1, -0.05) is 6.07 Å². The van der Waals surface area contributed by atoms with Crippen molar-refractivity contribution < 1.29 is 14.7 Å². The fraction of sp³-hybridized carbons (Fsp3) is 0.167. The predicted octanol–water partition coefficient (Wildman–Crippen LogP) is 1.47. The Kier molecular flexibility index (Phi) is 3.65. The van der Waals surface area contributed by atoms with Crippen molar-refractivity contribution in [3.63, 3.8) is 0 Å². The van der Waals surface area contributed by atoms with Gasteiger partial charge < -0.3 is 10.4 Å². The van der Waals surface area contributed by atoms with E-state index < -0.39 is 12.0 Å². The van der Waals surface area contributed by atoms with Crippen molar-refractivity contribution in [2.24, 2.45) is 7.05 Å². The summed E-state index contributed by atoms with van der Waals surface area (Å²) in [4.78, 5) is 26.6. The number of amides is 2. The van der Waals surface area contributed by atoms with Crippen molar-refractivity contribution in [3.05, 3.63) is 35.7 Å². The number of urea groups is 1. The summed E-state index contributed by atoms with van der Waals surface area (Å²) in [5.74, 6) is -0.767. The molecular weight excluding hydrogens is 262 g/mol. The maximum atomic E-state index is 11.8. The third-order valence-corrected chi connectivity index (χ3v) is 2.67. The Morgan fingerprint density at radius 3 is 2.65 bits per heavy atom. The molecule has 0 radical (unpaired) electrons. The molecule has 0 aliphatic carbocycles. The van der Waals surface area contributed by atoms with E-state index in [1.54, 1.807) is 20.0 Å². The van der Waals surface area contributed by atoms with E-state index in [9.17, 15) is 9.59 Å². The van der Waals surface area contributed by atoms with E-state index >= 15 is 0 Å². The number of nitrogens with one attached hydrogen (secondary N) is 2. The van der Waals surface area contributed by atoms with Gasteiger partial charge in [-0.15, -0.1) is 0 Å². The van der Waals surface area contributed by atoms with Gasteiger partial charge in [0.05, 0.1) is 5.56 Å². The van der Waals surface area contributed by atoms with Crippen molar-refractivity contribution in [1.29, 1.82) is 0 Å². The minimum atomic E-state index is -1.05. The molecule has 0 saturated heterocycles. The third kappa shape index (κ3) is 2.91. The van der Waals surface area contributed by atoms with Gasteiger partial charge in [-0.25, -0.2) is 14.3 Å². The molecule has 0 fully saturated rings. The number of aromatic nitrogens is 3. The molecule has 3 N–H and O–H groups in total. The summed E-state index contributed by atoms with van der Waals surface area (Å²) in [5, 5.41) is 17.8. The third-order valence-electron chi connectivity index (χ3n) is 2.67. The average Bonchev–Trinajstić information content (AvgIpc) is 2.77. The lowest BCUT2D eigenvalue weighted by molar-refractivity contribution is 0.0697. The zero-order valence-electron chi connectivity index (χ0n) is 10.9. The summed E-state index contributed by atoms with van der Waals surface area (Å²) in [6.45, 7) is 1.77. The fourth-order valence-electron chi connectivity index (χ4n) is 1.55. The molecule has 0 spiro atoms. The topological polar surface area (TPSA) is 109 Å². The Morgan fingerprint density at radius 2 is 2.05 bits per heavy atom. The van der Waals surface area contributed by atoms with Crippen LogP contribution in [-0.4, -0.2) is 31.9 Å². The van der Waals surface area contributed by atoms with E-state index in [0.717, 1.165) is 5.56 Å². The Balaban J connectivity index is 2.13. The van der Waals surface area contributed by atoms with Crippen LogP contribution in [0.25, 0.3) is 0 Å². The molecule has 2 amide bonds. The zero-order valence-corrected chi connectivity index (χ0v) is 10.9. The summed E-state index contributed by atoms with van der Waals surface area (Å²) in [6.07, 6.45) is 1.31. The molecule has 0 saturated carbocycles. The van der Waals surface area contributed by atoms with E-state index in [-0.39, 0.29) is 11.5 Å². The van der Waals surface area contributed by atoms with Gasteiger partial charge in [0.25, 0.3) is 0 Å². The van der Waals surface area contributed by atoms with Gasteiger partial charge in [-0.3, -0.25) is 5.32 Å². The highest BCUT2D eigenvalue weighted by Gasteiger charge is 2.10. The number of aryl methyl sites for hydroxylation is 2. The minimum absolute atomic E-state index is 0.101. The van der Waals surface area contributed by atoms with E-state index in [0.29, 0.717) is 5.69 Å². The molecular formula is C12H13N5O3. The fourth-order valence-corrected chi connectivity index (χ4v) is 1.55. The summed E-state index contributed by atoms with van der Waals surface area (Å²) >= 11 is 0. The molecule has 0 unspecified atom stereocenters. The average molecular weight is 275 g/mol. The number of carboxylic acid groups (broad SMARTS) is 1. The first-order chi connectivity index (χ1) is 9.47. The number of nitrogens with zero attached hydrogens (tertiary/aromatic N) is 3. The summed E-state index contributed by atoms with van der Waals surface area (Å²) in [6, 6.07) is 3.98. The van der Waals surface area contributed by atoms with Crippen LogP contribution in [-0.2, 0) is 7.05 Å². The van der Waals surface area contributed by atoms with Crippen LogP contribution in [0.1, 0.15) is 15.9 Å². The number of hydrogen-bond donors (Lipinski definition) is 3. The van der Waals surface area contributed by atoms with Crippen molar-refractivity contribution in [1.82, 2.24) is 14.8 Å². The lowest BCUT2D eigenvalue weighted by Gasteiger charge is -2.10. The highest BCUT2D eigenvalue weighted by molar-refractivity contribution is 6.00. The molecule has 0 atom stereocenters. The number of carbonyl (C=O) groups is 2. The first-order valence-electron chi connectivity index (χ1n) is 5.73. The number of hydrogen-bond acceptors (Lipinski definition) is 4. The first kappa shape index (κ1) is 13.5. The van der Waals surface area contributed by atoms with Crippen LogP contribution in [0.5, 0.6) is 0 Å². The molecule has 0 aliphatic rings. The summed E-state index contributed by atoms with van der Waals surface area (Å²) in [5.41, 5.74) is 1.28. The SMILES string of the molecule is Cc1ccc(C(=O)O)cc1NC(=O)Nc1ncnn1C. The van der Waals surface area contributed by atoms with Crippen molar-refractivity contribution in [3.8, 4) is 0 Å². The Morgan fingerprint density at radius 1 is 1.30 bits per heavy atom. The maximum absolute atomic E-state index is 11.8. The zero-order chi connectivity index (χ0) is 14.7. The Labute approximate surface area is 114 Å². The second kappa shape index (κ2) is 5.39. The molecule has 2 aromatic rings. The van der Waals surface area contributed by atoms with Crippen LogP contribution in [0.2, 0.25) is 0 Å². The monoisotopic (exact) mass is 275 g/mol. The molecule has 104 valence electrons. The van der Waals surface area contributed by atoms with Gasteiger partial charge in [0.1, 0.15) is 6.33 Å². The lowest BCUT2D eigenvalue weighted by Crippen LogP contribution is -2.22. The van der Waals surface area contributed by atoms with Gasteiger partial charge in [-0.05, 0) is 24.6 Å². The van der Waals surface area contributed by atoms with Gasteiger partial charge in [0.15, 0.2) is 0 Å². The van der Waals surface area contributed by atoms with Gasteiger partial charge >= 0.3 is 12.0 Å². The van der Waals surface area contributed by atoms with Crippen LogP contribution in [0.15, 0.2) is 24.5 Å². The van der Waals surface area contributed by atoms with Gasteiger partial charge in [0.2, 0.25) is 5.95 Å².